The van der Waals surface area contributed by atoms with E-state index in [0.717, 1.165) is 11.1 Å². The Morgan fingerprint density at radius 2 is 1.63 bits per heavy atom. The minimum atomic E-state index is -1.08. The highest BCUT2D eigenvalue weighted by Gasteiger charge is 2.35. The molecule has 0 radical (unpaired) electrons. The van der Waals surface area contributed by atoms with Crippen LogP contribution in [-0.2, 0) is 11.2 Å². The van der Waals surface area contributed by atoms with Crippen molar-refractivity contribution >= 4 is 34.7 Å². The summed E-state index contributed by atoms with van der Waals surface area (Å²) >= 11 is 0. The molecule has 0 unspecified atom stereocenters. The summed E-state index contributed by atoms with van der Waals surface area (Å²) in [4.78, 5) is 26.3. The lowest BCUT2D eigenvalue weighted by molar-refractivity contribution is -0.111. The standard InChI is InChI=1S/C28H21N3O4/c32-26-19(16-18-8-2-1-3-9-18)10-7-14-23(26)29-30-25-22-13-4-5-15-24(22)31(27(25)33)21-12-6-11-20(17-21)28(34)35/h1-15,17,29,32H,16H2,(H,34,35)/b30-25-. The van der Waals surface area contributed by atoms with E-state index in [4.69, 9.17) is 0 Å². The van der Waals surface area contributed by atoms with Crippen molar-refractivity contribution in [3.8, 4) is 5.75 Å². The number of aromatic carboxylic acids is 1. The summed E-state index contributed by atoms with van der Waals surface area (Å²) in [6, 6.07) is 28.5. The first-order valence-electron chi connectivity index (χ1n) is 11.0. The molecule has 0 atom stereocenters. The number of amides is 1. The van der Waals surface area contributed by atoms with E-state index < -0.39 is 11.9 Å². The van der Waals surface area contributed by atoms with Crippen LogP contribution in [0.1, 0.15) is 27.0 Å². The lowest BCUT2D eigenvalue weighted by Crippen LogP contribution is -2.26. The SMILES string of the molecule is O=C(O)c1cccc(N2C(=O)/C(=N\Nc3cccc(Cc4ccccc4)c3O)c3ccccc32)c1. The molecule has 4 aromatic rings. The monoisotopic (exact) mass is 463 g/mol. The third-order valence-corrected chi connectivity index (χ3v) is 5.80. The summed E-state index contributed by atoms with van der Waals surface area (Å²) in [6.45, 7) is 0. The maximum atomic E-state index is 13.4. The molecule has 1 aliphatic rings. The zero-order valence-electron chi connectivity index (χ0n) is 18.6. The lowest BCUT2D eigenvalue weighted by Gasteiger charge is -2.17. The van der Waals surface area contributed by atoms with Gasteiger partial charge in [0, 0.05) is 17.5 Å². The molecule has 1 aliphatic heterocycles. The Kier molecular flexibility index (Phi) is 5.73. The second-order valence-electron chi connectivity index (χ2n) is 8.06. The second-order valence-corrected chi connectivity index (χ2v) is 8.06. The number of carboxylic acid groups (broad SMARTS) is 1. The van der Waals surface area contributed by atoms with Gasteiger partial charge in [-0.1, -0.05) is 66.7 Å². The van der Waals surface area contributed by atoms with Gasteiger partial charge in [0.15, 0.2) is 5.71 Å². The van der Waals surface area contributed by atoms with Crippen molar-refractivity contribution < 1.29 is 19.8 Å². The summed E-state index contributed by atoms with van der Waals surface area (Å²) in [5.41, 5.74) is 6.89. The molecule has 35 heavy (non-hydrogen) atoms. The van der Waals surface area contributed by atoms with Gasteiger partial charge < -0.3 is 10.2 Å². The molecule has 1 amide bonds. The van der Waals surface area contributed by atoms with Gasteiger partial charge in [-0.15, -0.1) is 0 Å². The number of carbonyl (C=O) groups excluding carboxylic acids is 1. The number of nitrogens with zero attached hydrogens (tertiary/aromatic N) is 2. The van der Waals surface area contributed by atoms with Gasteiger partial charge in [0.25, 0.3) is 5.91 Å². The first kappa shape index (κ1) is 21.9. The topological polar surface area (TPSA) is 102 Å². The third kappa shape index (κ3) is 4.22. The fourth-order valence-corrected chi connectivity index (χ4v) is 4.10. The molecular formula is C28H21N3O4. The quantitative estimate of drug-likeness (QED) is 0.270. The summed E-state index contributed by atoms with van der Waals surface area (Å²) in [7, 11) is 0. The summed E-state index contributed by atoms with van der Waals surface area (Å²) in [5, 5.41) is 24.5. The minimum Gasteiger partial charge on any atom is -0.505 e. The van der Waals surface area contributed by atoms with E-state index in [1.807, 2.05) is 42.5 Å². The summed E-state index contributed by atoms with van der Waals surface area (Å²) in [5.74, 6) is -1.42. The van der Waals surface area contributed by atoms with Crippen LogP contribution in [0.2, 0.25) is 0 Å². The van der Waals surface area contributed by atoms with E-state index in [0.29, 0.717) is 29.0 Å². The van der Waals surface area contributed by atoms with Crippen molar-refractivity contribution in [3.63, 3.8) is 0 Å². The first-order valence-corrected chi connectivity index (χ1v) is 11.0. The molecule has 172 valence electrons. The normalized spacial score (nSPS) is 13.7. The van der Waals surface area contributed by atoms with Gasteiger partial charge in [0.05, 0.1) is 22.6 Å². The molecule has 4 aromatic carbocycles. The van der Waals surface area contributed by atoms with Crippen molar-refractivity contribution in [2.75, 3.05) is 10.3 Å². The number of para-hydroxylation sites is 2. The van der Waals surface area contributed by atoms with E-state index >= 15 is 0 Å². The average Bonchev–Trinajstić information content (AvgIpc) is 3.16. The Morgan fingerprint density at radius 3 is 2.43 bits per heavy atom. The van der Waals surface area contributed by atoms with Crippen molar-refractivity contribution in [3.05, 3.63) is 119 Å². The Labute approximate surface area is 201 Å². The van der Waals surface area contributed by atoms with Crippen molar-refractivity contribution in [1.29, 1.82) is 0 Å². The number of phenols is 1. The smallest absolute Gasteiger partial charge is 0.335 e. The largest absolute Gasteiger partial charge is 0.505 e. The molecule has 0 aromatic heterocycles. The number of carbonyl (C=O) groups is 2. The number of nitrogens with one attached hydrogen (secondary N) is 1. The van der Waals surface area contributed by atoms with E-state index in [9.17, 15) is 19.8 Å². The zero-order valence-corrected chi connectivity index (χ0v) is 18.6. The van der Waals surface area contributed by atoms with E-state index in [1.165, 1.54) is 17.0 Å². The molecule has 3 N–H and O–H groups in total. The number of carboxylic acids is 1. The number of fused-ring (bicyclic) bond motifs is 1. The molecule has 0 saturated carbocycles. The zero-order chi connectivity index (χ0) is 24.4. The van der Waals surface area contributed by atoms with Crippen LogP contribution in [0, 0.1) is 0 Å². The lowest BCUT2D eigenvalue weighted by atomic mass is 10.0. The van der Waals surface area contributed by atoms with Crippen LogP contribution < -0.4 is 10.3 Å². The molecular weight excluding hydrogens is 442 g/mol. The van der Waals surface area contributed by atoms with Crippen LogP contribution in [0.25, 0.3) is 0 Å². The Hall–Kier alpha value is -4.91. The number of hydrazone groups is 1. The van der Waals surface area contributed by atoms with Crippen LogP contribution in [-0.4, -0.2) is 27.8 Å². The molecule has 0 bridgehead atoms. The number of aromatic hydroxyl groups is 1. The van der Waals surface area contributed by atoms with Crippen LogP contribution in [0.4, 0.5) is 17.1 Å². The highest BCUT2D eigenvalue weighted by Crippen LogP contribution is 2.36. The Bertz CT molecular complexity index is 1460. The molecule has 0 aliphatic carbocycles. The number of hydrogen-bond acceptors (Lipinski definition) is 5. The number of benzene rings is 4. The summed E-state index contributed by atoms with van der Waals surface area (Å²) in [6.07, 6.45) is 0.550. The van der Waals surface area contributed by atoms with Gasteiger partial charge in [0.1, 0.15) is 5.75 Å². The molecule has 0 saturated heterocycles. The number of anilines is 3. The van der Waals surface area contributed by atoms with Gasteiger partial charge in [0.2, 0.25) is 0 Å². The second kappa shape index (κ2) is 9.15. The number of hydrogen-bond donors (Lipinski definition) is 3. The van der Waals surface area contributed by atoms with Crippen molar-refractivity contribution in [2.24, 2.45) is 5.10 Å². The maximum Gasteiger partial charge on any atom is 0.335 e. The molecule has 7 heteroatoms. The van der Waals surface area contributed by atoms with Crippen LogP contribution in [0.5, 0.6) is 5.75 Å². The Morgan fingerprint density at radius 1 is 0.886 bits per heavy atom. The molecule has 7 nitrogen and oxygen atoms in total. The maximum absolute atomic E-state index is 13.4. The highest BCUT2D eigenvalue weighted by molar-refractivity contribution is 6.55. The predicted octanol–water partition coefficient (Wildman–Crippen LogP) is 5.18. The highest BCUT2D eigenvalue weighted by atomic mass is 16.4. The number of rotatable bonds is 6. The predicted molar refractivity (Wildman–Crippen MR) is 135 cm³/mol. The van der Waals surface area contributed by atoms with Gasteiger partial charge in [-0.2, -0.15) is 5.10 Å². The molecule has 5 rings (SSSR count). The van der Waals surface area contributed by atoms with Crippen LogP contribution >= 0.6 is 0 Å². The van der Waals surface area contributed by atoms with Crippen LogP contribution in [0.3, 0.4) is 0 Å². The molecule has 0 fully saturated rings. The fourth-order valence-electron chi connectivity index (χ4n) is 4.10. The van der Waals surface area contributed by atoms with Crippen molar-refractivity contribution in [2.45, 2.75) is 6.42 Å². The van der Waals surface area contributed by atoms with Crippen molar-refractivity contribution in [1.82, 2.24) is 0 Å². The summed E-state index contributed by atoms with van der Waals surface area (Å²) < 4.78 is 0. The van der Waals surface area contributed by atoms with Gasteiger partial charge in [-0.3, -0.25) is 15.1 Å². The van der Waals surface area contributed by atoms with Gasteiger partial charge >= 0.3 is 5.97 Å². The average molecular weight is 463 g/mol. The van der Waals surface area contributed by atoms with E-state index in [1.54, 1.807) is 42.5 Å². The number of phenolic OH excluding ortho intramolecular Hbond substituents is 1. The molecule has 0 spiro atoms. The third-order valence-electron chi connectivity index (χ3n) is 5.80. The van der Waals surface area contributed by atoms with Gasteiger partial charge in [-0.05, 0) is 35.9 Å². The fraction of sp³-hybridized carbons (Fsp3) is 0.0357. The van der Waals surface area contributed by atoms with Gasteiger partial charge in [-0.25, -0.2) is 4.79 Å². The minimum absolute atomic E-state index is 0.0606. The molecule has 1 heterocycles. The van der Waals surface area contributed by atoms with E-state index in [-0.39, 0.29) is 17.0 Å². The Balaban J connectivity index is 1.47. The van der Waals surface area contributed by atoms with Crippen LogP contribution in [0.15, 0.2) is 102 Å². The van der Waals surface area contributed by atoms with E-state index in [2.05, 4.69) is 10.5 Å². The first-order chi connectivity index (χ1) is 17.0.